The molecule has 2 aromatic rings. The van der Waals surface area contributed by atoms with E-state index in [4.69, 9.17) is 5.11 Å². The van der Waals surface area contributed by atoms with Crippen molar-refractivity contribution in [3.05, 3.63) is 46.3 Å². The minimum Gasteiger partial charge on any atom is -0.481 e. The van der Waals surface area contributed by atoms with Crippen LogP contribution in [0.5, 0.6) is 0 Å². The van der Waals surface area contributed by atoms with Gasteiger partial charge in [0, 0.05) is 22.7 Å². The molecule has 0 aliphatic heterocycles. The van der Waals surface area contributed by atoms with E-state index in [1.54, 1.807) is 6.20 Å². The van der Waals surface area contributed by atoms with Crippen LogP contribution in [0.3, 0.4) is 0 Å². The van der Waals surface area contributed by atoms with Crippen molar-refractivity contribution >= 4 is 21.9 Å². The molecule has 0 saturated heterocycles. The van der Waals surface area contributed by atoms with Gasteiger partial charge in [-0.15, -0.1) is 0 Å². The Balaban J connectivity index is 2.32. The van der Waals surface area contributed by atoms with Gasteiger partial charge in [-0.1, -0.05) is 22.0 Å². The molecule has 1 heterocycles. The standard InChI is InChI=1S/C14H13BrN2O2/c1-9-2-3-10(15)8-11(9)12-6-7-16-13(17-12)4-5-14(18)19/h2-3,6-8H,4-5H2,1H3,(H,18,19). The quantitative estimate of drug-likeness (QED) is 0.939. The third-order valence-electron chi connectivity index (χ3n) is 2.74. The van der Waals surface area contributed by atoms with Gasteiger partial charge in [0.05, 0.1) is 12.1 Å². The summed E-state index contributed by atoms with van der Waals surface area (Å²) in [5.74, 6) is -0.285. The molecule has 1 N–H and O–H groups in total. The molecule has 0 fully saturated rings. The van der Waals surface area contributed by atoms with Crippen molar-refractivity contribution < 1.29 is 9.90 Å². The van der Waals surface area contributed by atoms with Gasteiger partial charge in [-0.2, -0.15) is 0 Å². The summed E-state index contributed by atoms with van der Waals surface area (Å²) in [6.07, 6.45) is 2.05. The van der Waals surface area contributed by atoms with Crippen molar-refractivity contribution in [2.45, 2.75) is 19.8 Å². The van der Waals surface area contributed by atoms with Crippen LogP contribution in [0.15, 0.2) is 34.9 Å². The third-order valence-corrected chi connectivity index (χ3v) is 3.24. The van der Waals surface area contributed by atoms with Crippen molar-refractivity contribution in [1.82, 2.24) is 9.97 Å². The number of nitrogens with zero attached hydrogens (tertiary/aromatic N) is 2. The second kappa shape index (κ2) is 5.93. The second-order valence-corrected chi connectivity index (χ2v) is 5.13. The van der Waals surface area contributed by atoms with Gasteiger partial charge in [-0.3, -0.25) is 4.79 Å². The van der Waals surface area contributed by atoms with Gasteiger partial charge in [0.25, 0.3) is 0 Å². The summed E-state index contributed by atoms with van der Waals surface area (Å²) < 4.78 is 0.985. The SMILES string of the molecule is Cc1ccc(Br)cc1-c1ccnc(CCC(=O)O)n1. The normalized spacial score (nSPS) is 10.4. The number of carbonyl (C=O) groups is 1. The molecule has 0 aliphatic rings. The van der Waals surface area contributed by atoms with Crippen molar-refractivity contribution in [3.8, 4) is 11.3 Å². The second-order valence-electron chi connectivity index (χ2n) is 4.21. The van der Waals surface area contributed by atoms with E-state index in [0.717, 1.165) is 21.3 Å². The third kappa shape index (κ3) is 3.61. The van der Waals surface area contributed by atoms with Crippen LogP contribution in [0.2, 0.25) is 0 Å². The number of halogens is 1. The van der Waals surface area contributed by atoms with Crippen LogP contribution in [0.4, 0.5) is 0 Å². The van der Waals surface area contributed by atoms with Crippen LogP contribution in [-0.4, -0.2) is 21.0 Å². The monoisotopic (exact) mass is 320 g/mol. The number of carboxylic acids is 1. The van der Waals surface area contributed by atoms with E-state index in [1.807, 2.05) is 31.2 Å². The summed E-state index contributed by atoms with van der Waals surface area (Å²) in [5, 5.41) is 8.68. The highest BCUT2D eigenvalue weighted by Crippen LogP contribution is 2.25. The first-order chi connectivity index (χ1) is 9.06. The molecular weight excluding hydrogens is 308 g/mol. The number of rotatable bonds is 4. The Morgan fingerprint density at radius 2 is 2.16 bits per heavy atom. The Kier molecular flexibility index (Phi) is 4.27. The fourth-order valence-corrected chi connectivity index (χ4v) is 2.12. The highest BCUT2D eigenvalue weighted by Gasteiger charge is 2.07. The summed E-state index contributed by atoms with van der Waals surface area (Å²) in [6.45, 7) is 2.01. The van der Waals surface area contributed by atoms with Gasteiger partial charge in [-0.25, -0.2) is 9.97 Å². The largest absolute Gasteiger partial charge is 0.481 e. The molecular formula is C14H13BrN2O2. The highest BCUT2D eigenvalue weighted by molar-refractivity contribution is 9.10. The van der Waals surface area contributed by atoms with Gasteiger partial charge < -0.3 is 5.11 Å². The Labute approximate surface area is 119 Å². The van der Waals surface area contributed by atoms with Crippen molar-refractivity contribution in [3.63, 3.8) is 0 Å². The molecule has 0 spiro atoms. The van der Waals surface area contributed by atoms with Gasteiger partial charge in [-0.05, 0) is 30.7 Å². The molecule has 0 unspecified atom stereocenters. The van der Waals surface area contributed by atoms with E-state index in [9.17, 15) is 4.79 Å². The van der Waals surface area contributed by atoms with Crippen LogP contribution < -0.4 is 0 Å². The van der Waals surface area contributed by atoms with E-state index in [-0.39, 0.29) is 6.42 Å². The van der Waals surface area contributed by atoms with E-state index < -0.39 is 5.97 Å². The smallest absolute Gasteiger partial charge is 0.303 e. The molecule has 2 rings (SSSR count). The molecule has 5 heteroatoms. The minimum absolute atomic E-state index is 0.0426. The number of aliphatic carboxylic acids is 1. The molecule has 1 aromatic heterocycles. The summed E-state index contributed by atoms with van der Waals surface area (Å²) >= 11 is 3.44. The zero-order valence-corrected chi connectivity index (χ0v) is 12.0. The topological polar surface area (TPSA) is 63.1 Å². The lowest BCUT2D eigenvalue weighted by Crippen LogP contribution is -2.02. The summed E-state index contributed by atoms with van der Waals surface area (Å²) in [7, 11) is 0. The molecule has 0 amide bonds. The molecule has 19 heavy (non-hydrogen) atoms. The molecule has 0 aliphatic carbocycles. The molecule has 1 aromatic carbocycles. The van der Waals surface area contributed by atoms with Crippen LogP contribution in [0.25, 0.3) is 11.3 Å². The van der Waals surface area contributed by atoms with Crippen LogP contribution in [0.1, 0.15) is 17.8 Å². The predicted molar refractivity (Wildman–Crippen MR) is 75.9 cm³/mol. The lowest BCUT2D eigenvalue weighted by molar-refractivity contribution is -0.137. The molecule has 0 bridgehead atoms. The van der Waals surface area contributed by atoms with Crippen LogP contribution in [-0.2, 0) is 11.2 Å². The van der Waals surface area contributed by atoms with E-state index in [0.29, 0.717) is 12.2 Å². The lowest BCUT2D eigenvalue weighted by atomic mass is 10.1. The van der Waals surface area contributed by atoms with Gasteiger partial charge >= 0.3 is 5.97 Å². The zero-order valence-electron chi connectivity index (χ0n) is 10.4. The minimum atomic E-state index is -0.840. The Bertz CT molecular complexity index is 614. The van der Waals surface area contributed by atoms with E-state index in [1.165, 1.54) is 0 Å². The number of aryl methyl sites for hydroxylation is 2. The molecule has 0 radical (unpaired) electrons. The maximum Gasteiger partial charge on any atom is 0.303 e. The van der Waals surface area contributed by atoms with Crippen molar-refractivity contribution in [1.29, 1.82) is 0 Å². The fourth-order valence-electron chi connectivity index (χ4n) is 1.76. The van der Waals surface area contributed by atoms with E-state index in [2.05, 4.69) is 25.9 Å². The van der Waals surface area contributed by atoms with Crippen molar-refractivity contribution in [2.24, 2.45) is 0 Å². The number of aromatic nitrogens is 2. The first-order valence-corrected chi connectivity index (χ1v) is 6.66. The highest BCUT2D eigenvalue weighted by atomic mass is 79.9. The average Bonchev–Trinajstić information content (AvgIpc) is 2.39. The first kappa shape index (κ1) is 13.7. The first-order valence-electron chi connectivity index (χ1n) is 5.86. The Hall–Kier alpha value is -1.75. The number of benzene rings is 1. The van der Waals surface area contributed by atoms with Crippen LogP contribution in [0, 0.1) is 6.92 Å². The maximum absolute atomic E-state index is 10.6. The van der Waals surface area contributed by atoms with Gasteiger partial charge in [0.1, 0.15) is 5.82 Å². The summed E-state index contributed by atoms with van der Waals surface area (Å²) in [4.78, 5) is 19.1. The maximum atomic E-state index is 10.6. The fraction of sp³-hybridized carbons (Fsp3) is 0.214. The average molecular weight is 321 g/mol. The summed E-state index contributed by atoms with van der Waals surface area (Å²) in [6, 6.07) is 7.82. The lowest BCUT2D eigenvalue weighted by Gasteiger charge is -2.07. The number of hydrogen-bond donors (Lipinski definition) is 1. The number of carboxylic acid groups (broad SMARTS) is 1. The van der Waals surface area contributed by atoms with Gasteiger partial charge in [0.2, 0.25) is 0 Å². The molecule has 4 nitrogen and oxygen atoms in total. The Morgan fingerprint density at radius 1 is 1.37 bits per heavy atom. The predicted octanol–water partition coefficient (Wildman–Crippen LogP) is 3.23. The molecule has 0 atom stereocenters. The van der Waals surface area contributed by atoms with Crippen LogP contribution >= 0.6 is 15.9 Å². The zero-order chi connectivity index (χ0) is 13.8. The van der Waals surface area contributed by atoms with Gasteiger partial charge in [0.15, 0.2) is 0 Å². The number of hydrogen-bond acceptors (Lipinski definition) is 3. The van der Waals surface area contributed by atoms with E-state index >= 15 is 0 Å². The molecule has 98 valence electrons. The Morgan fingerprint density at radius 3 is 2.89 bits per heavy atom. The summed E-state index contributed by atoms with van der Waals surface area (Å²) in [5.41, 5.74) is 2.95. The molecule has 0 saturated carbocycles. The van der Waals surface area contributed by atoms with Crippen molar-refractivity contribution in [2.75, 3.05) is 0 Å².